The number of carbonyl (C=O) groups is 1. The Labute approximate surface area is 145 Å². The summed E-state index contributed by atoms with van der Waals surface area (Å²) in [5.74, 6) is 0.127. The van der Waals surface area contributed by atoms with Crippen LogP contribution in [0.5, 0.6) is 0 Å². The van der Waals surface area contributed by atoms with Crippen LogP contribution < -0.4 is 0 Å². The van der Waals surface area contributed by atoms with Crippen LogP contribution in [0.25, 0.3) is 16.0 Å². The third kappa shape index (κ3) is 3.06. The van der Waals surface area contributed by atoms with E-state index in [1.54, 1.807) is 6.33 Å². The number of nitrogens with zero attached hydrogens (tertiary/aromatic N) is 3. The van der Waals surface area contributed by atoms with Crippen molar-refractivity contribution in [3.63, 3.8) is 0 Å². The van der Waals surface area contributed by atoms with E-state index >= 15 is 0 Å². The van der Waals surface area contributed by atoms with Gasteiger partial charge in [-0.15, -0.1) is 0 Å². The quantitative estimate of drug-likeness (QED) is 0.653. The minimum absolute atomic E-state index is 0.310. The van der Waals surface area contributed by atoms with Gasteiger partial charge >= 0.3 is 5.97 Å². The molecule has 1 saturated carbocycles. The van der Waals surface area contributed by atoms with Crippen LogP contribution in [0, 0.1) is 0 Å². The Kier molecular flexibility index (Phi) is 4.94. The summed E-state index contributed by atoms with van der Waals surface area (Å²) in [5.41, 5.74) is 3.67. The maximum atomic E-state index is 12.1. The lowest BCUT2D eigenvalue weighted by molar-refractivity contribution is 0.0519. The number of imidazole rings is 1. The summed E-state index contributed by atoms with van der Waals surface area (Å²) in [5, 5.41) is 0. The summed E-state index contributed by atoms with van der Waals surface area (Å²) in [6, 6.07) is 4.09. The van der Waals surface area contributed by atoms with Crippen molar-refractivity contribution in [2.45, 2.75) is 39.5 Å². The second kappa shape index (κ2) is 7.13. The molecule has 3 heterocycles. The van der Waals surface area contributed by atoms with Crippen molar-refractivity contribution < 1.29 is 9.53 Å². The highest BCUT2D eigenvalue weighted by Crippen LogP contribution is 2.47. The fourth-order valence-electron chi connectivity index (χ4n) is 2.66. The summed E-state index contributed by atoms with van der Waals surface area (Å²) in [6.07, 6.45) is 7.87. The Morgan fingerprint density at radius 3 is 2.88 bits per heavy atom. The number of aromatic nitrogens is 3. The van der Waals surface area contributed by atoms with Crippen molar-refractivity contribution in [1.82, 2.24) is 13.8 Å². The number of hydrogen-bond acceptors (Lipinski definition) is 5. The van der Waals surface area contributed by atoms with Gasteiger partial charge in [0.2, 0.25) is 0 Å². The zero-order valence-electron chi connectivity index (χ0n) is 14.2. The molecule has 1 aliphatic carbocycles. The van der Waals surface area contributed by atoms with E-state index in [1.807, 2.05) is 43.6 Å². The highest BCUT2D eigenvalue weighted by Gasteiger charge is 2.34. The van der Waals surface area contributed by atoms with Crippen LogP contribution in [0.4, 0.5) is 0 Å². The summed E-state index contributed by atoms with van der Waals surface area (Å²) >= 11 is 1.38. The van der Waals surface area contributed by atoms with E-state index < -0.39 is 0 Å². The molecule has 0 radical (unpaired) electrons. The first kappa shape index (κ1) is 16.6. The predicted molar refractivity (Wildman–Crippen MR) is 95.6 cm³/mol. The second-order valence-corrected chi connectivity index (χ2v) is 6.19. The highest BCUT2D eigenvalue weighted by molar-refractivity contribution is 7.10. The average molecular weight is 343 g/mol. The molecule has 0 saturated heterocycles. The van der Waals surface area contributed by atoms with E-state index in [0.717, 1.165) is 34.4 Å². The molecule has 3 aromatic heterocycles. The molecule has 0 atom stereocenters. The van der Waals surface area contributed by atoms with Gasteiger partial charge in [0.15, 0.2) is 5.69 Å². The van der Waals surface area contributed by atoms with Crippen LogP contribution in [0.15, 0.2) is 30.9 Å². The minimum Gasteiger partial charge on any atom is -0.461 e. The van der Waals surface area contributed by atoms with Gasteiger partial charge in [0.05, 0.1) is 29.5 Å². The molecule has 0 N–H and O–H groups in total. The van der Waals surface area contributed by atoms with Crippen molar-refractivity contribution in [1.29, 1.82) is 0 Å². The third-order valence-corrected chi connectivity index (χ3v) is 4.76. The van der Waals surface area contributed by atoms with E-state index in [0.29, 0.717) is 18.2 Å². The van der Waals surface area contributed by atoms with Crippen molar-refractivity contribution in [3.8, 4) is 10.4 Å². The zero-order valence-corrected chi connectivity index (χ0v) is 15.0. The molecule has 0 spiro atoms. The van der Waals surface area contributed by atoms with Crippen LogP contribution in [-0.4, -0.2) is 26.3 Å². The van der Waals surface area contributed by atoms with E-state index in [-0.39, 0.29) is 5.97 Å². The second-order valence-electron chi connectivity index (χ2n) is 5.41. The number of pyridine rings is 1. The normalized spacial score (nSPS) is 13.5. The first-order valence-corrected chi connectivity index (χ1v) is 9.14. The zero-order chi connectivity index (χ0) is 17.1. The van der Waals surface area contributed by atoms with Crippen LogP contribution >= 0.6 is 11.5 Å². The van der Waals surface area contributed by atoms with Crippen LogP contribution in [0.1, 0.15) is 55.6 Å². The first-order valence-electron chi connectivity index (χ1n) is 8.36. The molecule has 1 fully saturated rings. The van der Waals surface area contributed by atoms with Gasteiger partial charge in [-0.3, -0.25) is 0 Å². The van der Waals surface area contributed by atoms with Gasteiger partial charge in [-0.1, -0.05) is 13.8 Å². The lowest BCUT2D eigenvalue weighted by Gasteiger charge is -2.05. The van der Waals surface area contributed by atoms with E-state index in [4.69, 9.17) is 4.74 Å². The van der Waals surface area contributed by atoms with Gasteiger partial charge in [0.25, 0.3) is 0 Å². The number of rotatable bonds is 4. The molecular formula is C18H21N3O2S. The molecule has 4 rings (SSSR count). The van der Waals surface area contributed by atoms with Gasteiger partial charge in [-0.2, -0.15) is 4.37 Å². The molecule has 6 heteroatoms. The lowest BCUT2D eigenvalue weighted by Crippen LogP contribution is -2.07. The molecule has 0 bridgehead atoms. The van der Waals surface area contributed by atoms with E-state index in [2.05, 4.69) is 15.4 Å². The Morgan fingerprint density at radius 1 is 1.38 bits per heavy atom. The summed E-state index contributed by atoms with van der Waals surface area (Å²) < 4.78 is 11.5. The number of carbonyl (C=O) groups excluding carboxylic acids is 1. The summed E-state index contributed by atoms with van der Waals surface area (Å²) in [6.45, 7) is 6.19. The summed E-state index contributed by atoms with van der Waals surface area (Å²) in [7, 11) is 0. The molecule has 1 aliphatic rings. The van der Waals surface area contributed by atoms with Crippen LogP contribution in [-0.2, 0) is 4.74 Å². The van der Waals surface area contributed by atoms with Crippen molar-refractivity contribution >= 4 is 23.0 Å². The number of ether oxygens (including phenoxy) is 1. The van der Waals surface area contributed by atoms with Gasteiger partial charge in [0.1, 0.15) is 0 Å². The van der Waals surface area contributed by atoms with Crippen molar-refractivity contribution in [3.05, 3.63) is 42.1 Å². The molecule has 5 nitrogen and oxygen atoms in total. The first-order chi connectivity index (χ1) is 11.8. The maximum Gasteiger partial charge on any atom is 0.358 e. The predicted octanol–water partition coefficient (Wildman–Crippen LogP) is 4.54. The maximum absolute atomic E-state index is 12.1. The Hall–Kier alpha value is -2.21. The smallest absolute Gasteiger partial charge is 0.358 e. The number of hydrogen-bond donors (Lipinski definition) is 0. The molecule has 0 amide bonds. The monoisotopic (exact) mass is 343 g/mol. The Balaban J connectivity index is 0.000000815. The Bertz CT molecular complexity index is 849. The van der Waals surface area contributed by atoms with Crippen molar-refractivity contribution in [2.24, 2.45) is 0 Å². The highest BCUT2D eigenvalue weighted by atomic mass is 32.1. The van der Waals surface area contributed by atoms with Gasteiger partial charge < -0.3 is 9.14 Å². The molecule has 3 aromatic rings. The topological polar surface area (TPSA) is 56.5 Å². The minimum atomic E-state index is -0.310. The van der Waals surface area contributed by atoms with Crippen molar-refractivity contribution in [2.75, 3.05) is 6.61 Å². The SMILES string of the molecule is CC.CCOC(=O)c1nsc(-c2ccc3cncn3c2)c1C1CC1. The van der Waals surface area contributed by atoms with E-state index in [9.17, 15) is 4.79 Å². The van der Waals surface area contributed by atoms with Gasteiger partial charge in [-0.05, 0) is 49.3 Å². The van der Waals surface area contributed by atoms with Gasteiger partial charge in [0, 0.05) is 17.3 Å². The fourth-order valence-corrected chi connectivity index (χ4v) is 3.60. The van der Waals surface area contributed by atoms with Crippen LogP contribution in [0.3, 0.4) is 0 Å². The largest absolute Gasteiger partial charge is 0.461 e. The van der Waals surface area contributed by atoms with Crippen LogP contribution in [0.2, 0.25) is 0 Å². The lowest BCUT2D eigenvalue weighted by atomic mass is 10.0. The molecule has 24 heavy (non-hydrogen) atoms. The number of esters is 1. The molecule has 0 aliphatic heterocycles. The fraction of sp³-hybridized carbons (Fsp3) is 0.389. The molecular weight excluding hydrogens is 322 g/mol. The average Bonchev–Trinajstić information content (AvgIpc) is 3.18. The molecule has 0 aromatic carbocycles. The Morgan fingerprint density at radius 2 is 2.17 bits per heavy atom. The third-order valence-electron chi connectivity index (χ3n) is 3.85. The summed E-state index contributed by atoms with van der Waals surface area (Å²) in [4.78, 5) is 17.3. The number of fused-ring (bicyclic) bond motifs is 1. The molecule has 0 unspecified atom stereocenters. The standard InChI is InChI=1S/C16H15N3O2S.C2H6/c1-2-21-16(20)14-13(10-3-4-10)15(22-18-14)11-5-6-12-7-17-9-19(12)8-11;1-2/h5-10H,2-4H2,1H3;1-2H3. The molecule has 126 valence electrons. The van der Waals surface area contributed by atoms with E-state index in [1.165, 1.54) is 11.5 Å². The van der Waals surface area contributed by atoms with Gasteiger partial charge in [-0.25, -0.2) is 9.78 Å².